The van der Waals surface area contributed by atoms with E-state index in [0.717, 1.165) is 5.69 Å². The van der Waals surface area contributed by atoms with Gasteiger partial charge in [0.15, 0.2) is 0 Å². The maximum absolute atomic E-state index is 12.6. The van der Waals surface area contributed by atoms with Gasteiger partial charge in [0.25, 0.3) is 0 Å². The van der Waals surface area contributed by atoms with Gasteiger partial charge >= 0.3 is 0 Å². The lowest BCUT2D eigenvalue weighted by molar-refractivity contribution is -0.115. The van der Waals surface area contributed by atoms with Gasteiger partial charge in [-0.1, -0.05) is 30.0 Å². The summed E-state index contributed by atoms with van der Waals surface area (Å²) in [6, 6.07) is 14.7. The highest BCUT2D eigenvalue weighted by molar-refractivity contribution is 8.00. The Balaban J connectivity index is 1.74. The van der Waals surface area contributed by atoms with Crippen LogP contribution in [0.25, 0.3) is 5.69 Å². The molecule has 3 aromatic rings. The van der Waals surface area contributed by atoms with Crippen LogP contribution in [0.4, 0.5) is 5.69 Å². The van der Waals surface area contributed by atoms with Crippen molar-refractivity contribution in [1.29, 1.82) is 0 Å². The third-order valence-corrected chi connectivity index (χ3v) is 4.79. The summed E-state index contributed by atoms with van der Waals surface area (Å²) in [6.07, 6.45) is 0. The fraction of sp³-hybridized carbons (Fsp3) is 0.222. The zero-order valence-electron chi connectivity index (χ0n) is 15.1. The average molecular weight is 385 g/mol. The first-order valence-corrected chi connectivity index (χ1v) is 9.03. The predicted octanol–water partition coefficient (Wildman–Crippen LogP) is 2.80. The maximum Gasteiger partial charge on any atom is 0.237 e. The lowest BCUT2D eigenvalue weighted by atomic mass is 10.2. The van der Waals surface area contributed by atoms with Crippen molar-refractivity contribution in [2.45, 2.75) is 17.3 Å². The number of nitrogens with one attached hydrogen (secondary N) is 1. The monoisotopic (exact) mass is 385 g/mol. The van der Waals surface area contributed by atoms with Crippen LogP contribution >= 0.6 is 11.8 Å². The summed E-state index contributed by atoms with van der Waals surface area (Å²) in [6.45, 7) is 1.79. The molecule has 1 aromatic heterocycles. The molecule has 0 fully saturated rings. The molecule has 1 unspecified atom stereocenters. The highest BCUT2D eigenvalue weighted by Crippen LogP contribution is 2.30. The van der Waals surface area contributed by atoms with E-state index in [-0.39, 0.29) is 5.91 Å². The molecule has 27 heavy (non-hydrogen) atoms. The van der Waals surface area contributed by atoms with Gasteiger partial charge in [-0.3, -0.25) is 4.79 Å². The molecule has 0 aliphatic heterocycles. The van der Waals surface area contributed by atoms with Crippen LogP contribution in [0.15, 0.2) is 53.7 Å². The van der Waals surface area contributed by atoms with Crippen LogP contribution in [0.3, 0.4) is 0 Å². The first-order valence-electron chi connectivity index (χ1n) is 8.15. The van der Waals surface area contributed by atoms with Gasteiger partial charge in [-0.2, -0.15) is 4.68 Å². The van der Waals surface area contributed by atoms with Gasteiger partial charge in [0.1, 0.15) is 11.5 Å². The van der Waals surface area contributed by atoms with Crippen molar-refractivity contribution in [2.75, 3.05) is 19.5 Å². The van der Waals surface area contributed by atoms with Crippen LogP contribution < -0.4 is 14.8 Å². The Kier molecular flexibility index (Phi) is 5.92. The Morgan fingerprint density at radius 2 is 1.93 bits per heavy atom. The zero-order chi connectivity index (χ0) is 19.2. The summed E-state index contributed by atoms with van der Waals surface area (Å²) in [5, 5.41) is 14.7. The van der Waals surface area contributed by atoms with E-state index in [1.165, 1.54) is 11.8 Å². The van der Waals surface area contributed by atoms with Gasteiger partial charge in [0.05, 0.1) is 30.8 Å². The first kappa shape index (κ1) is 18.7. The summed E-state index contributed by atoms with van der Waals surface area (Å²) in [5.74, 6) is 0.976. The topological polar surface area (TPSA) is 91.2 Å². The molecular formula is C18H19N5O3S. The number of methoxy groups -OCH3 is 2. The van der Waals surface area contributed by atoms with Gasteiger partial charge in [0.2, 0.25) is 11.1 Å². The number of para-hydroxylation sites is 1. The van der Waals surface area contributed by atoms with E-state index < -0.39 is 5.25 Å². The van der Waals surface area contributed by atoms with E-state index in [2.05, 4.69) is 20.8 Å². The molecule has 1 atom stereocenters. The van der Waals surface area contributed by atoms with Gasteiger partial charge in [0, 0.05) is 6.07 Å². The molecule has 0 bridgehead atoms. The van der Waals surface area contributed by atoms with E-state index in [9.17, 15) is 4.79 Å². The smallest absolute Gasteiger partial charge is 0.237 e. The molecule has 3 rings (SSSR count). The van der Waals surface area contributed by atoms with Gasteiger partial charge in [-0.15, -0.1) is 5.10 Å². The summed E-state index contributed by atoms with van der Waals surface area (Å²) >= 11 is 1.27. The molecule has 0 aliphatic rings. The number of carbonyl (C=O) groups is 1. The molecule has 1 heterocycles. The number of ether oxygens (including phenoxy) is 2. The largest absolute Gasteiger partial charge is 0.497 e. The number of tetrazole rings is 1. The van der Waals surface area contributed by atoms with E-state index in [1.54, 1.807) is 44.0 Å². The lowest BCUT2D eigenvalue weighted by Gasteiger charge is -2.14. The minimum atomic E-state index is -0.436. The van der Waals surface area contributed by atoms with Gasteiger partial charge < -0.3 is 14.8 Å². The first-order chi connectivity index (χ1) is 13.1. The number of thioether (sulfide) groups is 1. The van der Waals surface area contributed by atoms with Crippen LogP contribution in [0.5, 0.6) is 11.5 Å². The summed E-state index contributed by atoms with van der Waals surface area (Å²) in [7, 11) is 3.11. The Bertz CT molecular complexity index is 916. The fourth-order valence-electron chi connectivity index (χ4n) is 2.34. The molecular weight excluding hydrogens is 366 g/mol. The van der Waals surface area contributed by atoms with Crippen molar-refractivity contribution >= 4 is 23.4 Å². The van der Waals surface area contributed by atoms with E-state index in [0.29, 0.717) is 22.3 Å². The highest BCUT2D eigenvalue weighted by atomic mass is 32.2. The van der Waals surface area contributed by atoms with E-state index in [1.807, 2.05) is 30.3 Å². The van der Waals surface area contributed by atoms with Crippen LogP contribution in [0, 0.1) is 0 Å². The number of aromatic nitrogens is 4. The van der Waals surface area contributed by atoms with Gasteiger partial charge in [-0.05, 0) is 41.6 Å². The van der Waals surface area contributed by atoms with Crippen molar-refractivity contribution in [3.63, 3.8) is 0 Å². The summed E-state index contributed by atoms with van der Waals surface area (Å²) in [5.41, 5.74) is 1.36. The molecule has 1 N–H and O–H groups in total. The van der Waals surface area contributed by atoms with Crippen LogP contribution in [0.2, 0.25) is 0 Å². The normalized spacial score (nSPS) is 11.7. The fourth-order valence-corrected chi connectivity index (χ4v) is 3.15. The molecule has 1 amide bonds. The number of benzene rings is 2. The molecule has 140 valence electrons. The van der Waals surface area contributed by atoms with Gasteiger partial charge in [-0.25, -0.2) is 0 Å². The Hall–Kier alpha value is -3.07. The molecule has 0 saturated heterocycles. The van der Waals surface area contributed by atoms with E-state index in [4.69, 9.17) is 9.47 Å². The number of amides is 1. The second-order valence-corrected chi connectivity index (χ2v) is 6.83. The van der Waals surface area contributed by atoms with Crippen LogP contribution in [0.1, 0.15) is 6.92 Å². The molecule has 8 nitrogen and oxygen atoms in total. The number of hydrogen-bond acceptors (Lipinski definition) is 7. The van der Waals surface area contributed by atoms with Crippen molar-refractivity contribution < 1.29 is 14.3 Å². The van der Waals surface area contributed by atoms with Crippen molar-refractivity contribution in [3.8, 4) is 17.2 Å². The Labute approximate surface area is 160 Å². The maximum atomic E-state index is 12.6. The second kappa shape index (κ2) is 8.54. The third-order valence-electron chi connectivity index (χ3n) is 3.76. The van der Waals surface area contributed by atoms with Crippen molar-refractivity contribution in [2.24, 2.45) is 0 Å². The molecule has 0 saturated carbocycles. The number of carbonyl (C=O) groups excluding carboxylic acids is 1. The lowest BCUT2D eigenvalue weighted by Crippen LogP contribution is -2.23. The number of rotatable bonds is 7. The highest BCUT2D eigenvalue weighted by Gasteiger charge is 2.20. The zero-order valence-corrected chi connectivity index (χ0v) is 15.9. The Morgan fingerprint density at radius 3 is 2.63 bits per heavy atom. The minimum absolute atomic E-state index is 0.200. The predicted molar refractivity (Wildman–Crippen MR) is 103 cm³/mol. The Morgan fingerprint density at radius 1 is 1.15 bits per heavy atom. The van der Waals surface area contributed by atoms with Crippen LogP contribution in [-0.4, -0.2) is 45.6 Å². The summed E-state index contributed by atoms with van der Waals surface area (Å²) < 4.78 is 12.1. The van der Waals surface area contributed by atoms with E-state index >= 15 is 0 Å². The summed E-state index contributed by atoms with van der Waals surface area (Å²) in [4.78, 5) is 12.6. The number of hydrogen-bond donors (Lipinski definition) is 1. The quantitative estimate of drug-likeness (QED) is 0.625. The standard InChI is InChI=1S/C18H19N5O3S/c1-12(17(24)19-15-11-14(25-2)9-10-16(15)26-3)27-18-20-21-22-23(18)13-7-5-4-6-8-13/h4-12H,1-3H3,(H,19,24). The molecule has 9 heteroatoms. The van der Waals surface area contributed by atoms with Crippen molar-refractivity contribution in [1.82, 2.24) is 20.2 Å². The number of anilines is 1. The average Bonchev–Trinajstić information content (AvgIpc) is 3.16. The molecule has 0 aliphatic carbocycles. The SMILES string of the molecule is COc1ccc(OC)c(NC(=O)C(C)Sc2nnnn2-c2ccccc2)c1. The number of nitrogens with zero attached hydrogens (tertiary/aromatic N) is 4. The minimum Gasteiger partial charge on any atom is -0.497 e. The second-order valence-electron chi connectivity index (χ2n) is 5.52. The molecule has 0 radical (unpaired) electrons. The molecule has 0 spiro atoms. The van der Waals surface area contributed by atoms with Crippen molar-refractivity contribution in [3.05, 3.63) is 48.5 Å². The molecule has 2 aromatic carbocycles. The third kappa shape index (κ3) is 4.37. The van der Waals surface area contributed by atoms with Crippen LogP contribution in [-0.2, 0) is 4.79 Å².